The molecule has 0 radical (unpaired) electrons. The van der Waals surface area contributed by atoms with E-state index in [1.54, 1.807) is 0 Å². The Morgan fingerprint density at radius 2 is 2.00 bits per heavy atom. The third-order valence-corrected chi connectivity index (χ3v) is 3.51. The molecule has 0 aromatic heterocycles. The summed E-state index contributed by atoms with van der Waals surface area (Å²) in [5.74, 6) is 0.820. The molecule has 1 fully saturated rings. The second kappa shape index (κ2) is 6.02. The number of nitrogens with one attached hydrogen (secondary N) is 1. The van der Waals surface area contributed by atoms with E-state index in [9.17, 15) is 0 Å². The van der Waals surface area contributed by atoms with E-state index in [0.29, 0.717) is 17.6 Å². The van der Waals surface area contributed by atoms with Crippen LogP contribution in [-0.2, 0) is 4.74 Å². The van der Waals surface area contributed by atoms with Crippen LogP contribution in [0.15, 0.2) is 0 Å². The predicted molar refractivity (Wildman–Crippen MR) is 69.7 cm³/mol. The number of hydrogen-bond acceptors (Lipinski definition) is 2. The lowest BCUT2D eigenvalue weighted by Crippen LogP contribution is -2.32. The van der Waals surface area contributed by atoms with E-state index >= 15 is 0 Å². The second-order valence-corrected chi connectivity index (χ2v) is 6.38. The van der Waals surface area contributed by atoms with Gasteiger partial charge in [0.2, 0.25) is 0 Å². The minimum atomic E-state index is 0.365. The highest BCUT2D eigenvalue weighted by molar-refractivity contribution is 4.90. The van der Waals surface area contributed by atoms with Crippen LogP contribution in [-0.4, -0.2) is 25.3 Å². The molecule has 1 rings (SSSR count). The van der Waals surface area contributed by atoms with E-state index in [1.807, 2.05) is 0 Å². The van der Waals surface area contributed by atoms with E-state index in [2.05, 4.69) is 39.9 Å². The first kappa shape index (κ1) is 14.0. The smallest absolute Gasteiger partial charge is 0.0518 e. The van der Waals surface area contributed by atoms with Gasteiger partial charge in [-0.15, -0.1) is 0 Å². The average molecular weight is 227 g/mol. The zero-order chi connectivity index (χ0) is 12.2. The Labute approximate surface area is 101 Å². The summed E-state index contributed by atoms with van der Waals surface area (Å²) in [5, 5.41) is 3.68. The van der Waals surface area contributed by atoms with Gasteiger partial charge < -0.3 is 10.1 Å². The van der Waals surface area contributed by atoms with Crippen molar-refractivity contribution in [3.05, 3.63) is 0 Å². The monoisotopic (exact) mass is 227 g/mol. The molecule has 96 valence electrons. The van der Waals surface area contributed by atoms with Crippen LogP contribution in [0.1, 0.15) is 53.9 Å². The predicted octanol–water partition coefficient (Wildman–Crippen LogP) is 3.22. The highest BCUT2D eigenvalue weighted by Gasteiger charge is 2.35. The molecule has 1 aliphatic rings. The second-order valence-electron chi connectivity index (χ2n) is 6.38. The van der Waals surface area contributed by atoms with Gasteiger partial charge in [-0.25, -0.2) is 0 Å². The Hall–Kier alpha value is -0.0800. The zero-order valence-electron chi connectivity index (χ0n) is 11.7. The molecule has 0 aromatic rings. The van der Waals surface area contributed by atoms with Crippen molar-refractivity contribution in [1.29, 1.82) is 0 Å². The Bertz CT molecular complexity index is 201. The molecule has 2 unspecified atom stereocenters. The molecule has 1 aliphatic carbocycles. The van der Waals surface area contributed by atoms with Gasteiger partial charge in [0.1, 0.15) is 0 Å². The Morgan fingerprint density at radius 3 is 2.50 bits per heavy atom. The van der Waals surface area contributed by atoms with Crippen LogP contribution in [0, 0.1) is 11.3 Å². The van der Waals surface area contributed by atoms with Gasteiger partial charge in [-0.1, -0.05) is 20.8 Å². The highest BCUT2D eigenvalue weighted by Crippen LogP contribution is 2.40. The van der Waals surface area contributed by atoms with Gasteiger partial charge in [-0.05, 0) is 51.0 Å². The van der Waals surface area contributed by atoms with E-state index in [0.717, 1.165) is 25.5 Å². The van der Waals surface area contributed by atoms with E-state index in [1.165, 1.54) is 12.8 Å². The Morgan fingerprint density at radius 1 is 1.31 bits per heavy atom. The van der Waals surface area contributed by atoms with E-state index < -0.39 is 0 Å². The summed E-state index contributed by atoms with van der Waals surface area (Å²) in [4.78, 5) is 0. The van der Waals surface area contributed by atoms with Crippen molar-refractivity contribution in [1.82, 2.24) is 5.32 Å². The number of rotatable bonds is 6. The topological polar surface area (TPSA) is 21.3 Å². The lowest BCUT2D eigenvalue weighted by atomic mass is 9.91. The standard InChI is InChI=1S/C14H29NO/c1-11(2)16-8-6-7-15-13-10-14(4,5)9-12(13)3/h11-13,15H,6-10H2,1-5H3. The molecule has 16 heavy (non-hydrogen) atoms. The molecule has 0 aliphatic heterocycles. The molecule has 1 saturated carbocycles. The Kier molecular flexibility index (Phi) is 5.26. The van der Waals surface area contributed by atoms with Gasteiger partial charge in [0, 0.05) is 12.6 Å². The van der Waals surface area contributed by atoms with Crippen LogP contribution in [0.4, 0.5) is 0 Å². The fourth-order valence-corrected chi connectivity index (χ4v) is 2.85. The van der Waals surface area contributed by atoms with Crippen molar-refractivity contribution in [2.45, 2.75) is 66.0 Å². The van der Waals surface area contributed by atoms with Crippen LogP contribution in [0.25, 0.3) is 0 Å². The van der Waals surface area contributed by atoms with Crippen molar-refractivity contribution in [3.8, 4) is 0 Å². The van der Waals surface area contributed by atoms with Gasteiger partial charge in [-0.2, -0.15) is 0 Å². The van der Waals surface area contributed by atoms with Gasteiger partial charge >= 0.3 is 0 Å². The fraction of sp³-hybridized carbons (Fsp3) is 1.00. The third kappa shape index (κ3) is 4.84. The SMILES string of the molecule is CC(C)OCCCNC1CC(C)(C)CC1C. The molecular weight excluding hydrogens is 198 g/mol. The van der Waals surface area contributed by atoms with E-state index in [-0.39, 0.29) is 0 Å². The van der Waals surface area contributed by atoms with Crippen molar-refractivity contribution in [3.63, 3.8) is 0 Å². The van der Waals surface area contributed by atoms with Gasteiger partial charge in [0.25, 0.3) is 0 Å². The molecule has 0 saturated heterocycles. The minimum Gasteiger partial charge on any atom is -0.379 e. The summed E-state index contributed by atoms with van der Waals surface area (Å²) in [5.41, 5.74) is 0.533. The van der Waals surface area contributed by atoms with Crippen LogP contribution >= 0.6 is 0 Å². The first-order valence-electron chi connectivity index (χ1n) is 6.76. The molecule has 0 amide bonds. The maximum Gasteiger partial charge on any atom is 0.0518 e. The van der Waals surface area contributed by atoms with Crippen molar-refractivity contribution in [2.75, 3.05) is 13.2 Å². The van der Waals surface area contributed by atoms with Gasteiger partial charge in [0.05, 0.1) is 6.10 Å². The minimum absolute atomic E-state index is 0.365. The number of ether oxygens (including phenoxy) is 1. The van der Waals surface area contributed by atoms with Crippen molar-refractivity contribution < 1.29 is 4.74 Å². The van der Waals surface area contributed by atoms with Crippen LogP contribution < -0.4 is 5.32 Å². The summed E-state index contributed by atoms with van der Waals surface area (Å²) in [6.45, 7) is 13.3. The average Bonchev–Trinajstić information content (AvgIpc) is 2.38. The zero-order valence-corrected chi connectivity index (χ0v) is 11.7. The maximum atomic E-state index is 5.53. The van der Waals surface area contributed by atoms with Crippen molar-refractivity contribution in [2.24, 2.45) is 11.3 Å². The molecule has 0 heterocycles. The lowest BCUT2D eigenvalue weighted by molar-refractivity contribution is 0.0765. The summed E-state index contributed by atoms with van der Waals surface area (Å²) in [6.07, 6.45) is 4.16. The molecule has 1 N–H and O–H groups in total. The van der Waals surface area contributed by atoms with Crippen LogP contribution in [0.3, 0.4) is 0 Å². The highest BCUT2D eigenvalue weighted by atomic mass is 16.5. The molecule has 2 nitrogen and oxygen atoms in total. The molecule has 0 aromatic carbocycles. The third-order valence-electron chi connectivity index (χ3n) is 3.51. The Balaban J connectivity index is 2.10. The quantitative estimate of drug-likeness (QED) is 0.704. The number of hydrogen-bond donors (Lipinski definition) is 1. The molecule has 2 atom stereocenters. The summed E-state index contributed by atoms with van der Waals surface area (Å²) in [7, 11) is 0. The van der Waals surface area contributed by atoms with Crippen LogP contribution in [0.2, 0.25) is 0 Å². The van der Waals surface area contributed by atoms with E-state index in [4.69, 9.17) is 4.74 Å². The van der Waals surface area contributed by atoms with Crippen molar-refractivity contribution >= 4 is 0 Å². The fourth-order valence-electron chi connectivity index (χ4n) is 2.85. The normalized spacial score (nSPS) is 28.9. The molecule has 2 heteroatoms. The van der Waals surface area contributed by atoms with Crippen LogP contribution in [0.5, 0.6) is 0 Å². The molecule has 0 bridgehead atoms. The summed E-state index contributed by atoms with van der Waals surface area (Å²) in [6, 6.07) is 0.717. The lowest BCUT2D eigenvalue weighted by Gasteiger charge is -2.18. The molecular formula is C14H29NO. The first-order chi connectivity index (χ1) is 7.41. The molecule has 0 spiro atoms. The maximum absolute atomic E-state index is 5.53. The largest absolute Gasteiger partial charge is 0.379 e. The van der Waals surface area contributed by atoms with Gasteiger partial charge in [-0.3, -0.25) is 0 Å². The van der Waals surface area contributed by atoms with Gasteiger partial charge in [0.15, 0.2) is 0 Å². The summed E-state index contributed by atoms with van der Waals surface area (Å²) < 4.78 is 5.53. The first-order valence-corrected chi connectivity index (χ1v) is 6.76. The summed E-state index contributed by atoms with van der Waals surface area (Å²) >= 11 is 0.